The number of nitrogens with zero attached hydrogens (tertiary/aromatic N) is 3. The van der Waals surface area contributed by atoms with Crippen molar-refractivity contribution in [3.8, 4) is 0 Å². The summed E-state index contributed by atoms with van der Waals surface area (Å²) < 4.78 is 5.33. The fraction of sp³-hybridized carbons (Fsp3) is 0.429. The van der Waals surface area contributed by atoms with Gasteiger partial charge in [-0.1, -0.05) is 17.7 Å². The molecule has 0 unspecified atom stereocenters. The molecule has 0 fully saturated rings. The van der Waals surface area contributed by atoms with Gasteiger partial charge in [-0.15, -0.1) is 11.3 Å². The molecular formula is C14H18ClN3OS. The topological polar surface area (TPSA) is 38.2 Å². The van der Waals surface area contributed by atoms with Crippen LogP contribution in [-0.4, -0.2) is 30.2 Å². The van der Waals surface area contributed by atoms with Crippen LogP contribution in [0.15, 0.2) is 23.6 Å². The van der Waals surface area contributed by atoms with Crippen LogP contribution in [0.2, 0.25) is 5.15 Å². The van der Waals surface area contributed by atoms with Crippen molar-refractivity contribution in [2.45, 2.75) is 20.0 Å². The predicted octanol–water partition coefficient (Wildman–Crippen LogP) is 3.41. The minimum atomic E-state index is 0.392. The van der Waals surface area contributed by atoms with Crippen molar-refractivity contribution in [2.24, 2.45) is 0 Å². The molecule has 0 aromatic carbocycles. The van der Waals surface area contributed by atoms with Gasteiger partial charge in [0.2, 0.25) is 0 Å². The molecule has 20 heavy (non-hydrogen) atoms. The smallest absolute Gasteiger partial charge is 0.158 e. The van der Waals surface area contributed by atoms with E-state index in [0.717, 1.165) is 18.8 Å². The molecular weight excluding hydrogens is 294 g/mol. The Morgan fingerprint density at radius 2 is 2.25 bits per heavy atom. The van der Waals surface area contributed by atoms with Crippen LogP contribution in [0, 0.1) is 0 Å². The molecule has 0 atom stereocenters. The summed E-state index contributed by atoms with van der Waals surface area (Å²) in [6.07, 6.45) is 0.997. The molecule has 0 aliphatic carbocycles. The maximum Gasteiger partial charge on any atom is 0.158 e. The molecule has 2 heterocycles. The molecule has 0 radical (unpaired) electrons. The minimum absolute atomic E-state index is 0.392. The molecule has 6 heteroatoms. The highest BCUT2D eigenvalue weighted by Crippen LogP contribution is 2.17. The van der Waals surface area contributed by atoms with Crippen LogP contribution >= 0.6 is 22.9 Å². The number of rotatable bonds is 7. The van der Waals surface area contributed by atoms with Crippen LogP contribution in [-0.2, 0) is 17.8 Å². The third kappa shape index (κ3) is 4.44. The summed E-state index contributed by atoms with van der Waals surface area (Å²) in [5.74, 6) is 1.45. The van der Waals surface area contributed by atoms with Gasteiger partial charge < -0.3 is 9.64 Å². The third-order valence-electron chi connectivity index (χ3n) is 2.83. The van der Waals surface area contributed by atoms with Gasteiger partial charge in [-0.25, -0.2) is 9.97 Å². The summed E-state index contributed by atoms with van der Waals surface area (Å²) in [7, 11) is 2.01. The zero-order chi connectivity index (χ0) is 14.4. The van der Waals surface area contributed by atoms with Crippen molar-refractivity contribution in [2.75, 3.05) is 25.1 Å². The van der Waals surface area contributed by atoms with E-state index in [1.807, 2.05) is 14.0 Å². The van der Waals surface area contributed by atoms with E-state index in [4.69, 9.17) is 16.3 Å². The Morgan fingerprint density at radius 1 is 1.40 bits per heavy atom. The Hall–Kier alpha value is -1.17. The summed E-state index contributed by atoms with van der Waals surface area (Å²) >= 11 is 7.81. The lowest BCUT2D eigenvalue weighted by atomic mass is 10.3. The lowest BCUT2D eigenvalue weighted by molar-refractivity contribution is 0.128. The highest BCUT2D eigenvalue weighted by molar-refractivity contribution is 7.09. The van der Waals surface area contributed by atoms with Crippen LogP contribution in [0.3, 0.4) is 0 Å². The molecule has 0 amide bonds. The number of anilines is 1. The lowest BCUT2D eigenvalue weighted by Crippen LogP contribution is -2.22. The summed E-state index contributed by atoms with van der Waals surface area (Å²) in [5.41, 5.74) is 0. The first-order chi connectivity index (χ1) is 9.69. The largest absolute Gasteiger partial charge is 0.374 e. The molecule has 0 N–H and O–H groups in total. The molecule has 2 rings (SSSR count). The van der Waals surface area contributed by atoms with Gasteiger partial charge in [0, 0.05) is 31.1 Å². The first-order valence-corrected chi connectivity index (χ1v) is 7.79. The van der Waals surface area contributed by atoms with E-state index >= 15 is 0 Å². The summed E-state index contributed by atoms with van der Waals surface area (Å²) in [5, 5.41) is 2.55. The van der Waals surface area contributed by atoms with Gasteiger partial charge >= 0.3 is 0 Å². The lowest BCUT2D eigenvalue weighted by Gasteiger charge is -2.18. The van der Waals surface area contributed by atoms with Crippen molar-refractivity contribution in [1.82, 2.24) is 9.97 Å². The van der Waals surface area contributed by atoms with Gasteiger partial charge in [-0.05, 0) is 24.8 Å². The van der Waals surface area contributed by atoms with Crippen molar-refractivity contribution in [3.63, 3.8) is 0 Å². The Balaban J connectivity index is 2.00. The number of aromatic nitrogens is 2. The van der Waals surface area contributed by atoms with Crippen LogP contribution in [0.25, 0.3) is 0 Å². The van der Waals surface area contributed by atoms with Crippen molar-refractivity contribution < 1.29 is 4.74 Å². The van der Waals surface area contributed by atoms with Crippen molar-refractivity contribution in [3.05, 3.63) is 39.4 Å². The number of thiophene rings is 1. The first-order valence-electron chi connectivity index (χ1n) is 6.53. The van der Waals surface area contributed by atoms with Crippen LogP contribution in [0.5, 0.6) is 0 Å². The molecule has 0 saturated carbocycles. The monoisotopic (exact) mass is 311 g/mol. The van der Waals surface area contributed by atoms with Gasteiger partial charge in [0.15, 0.2) is 5.82 Å². The maximum atomic E-state index is 6.04. The number of ether oxygens (including phenoxy) is 1. The number of hydrogen-bond donors (Lipinski definition) is 0. The summed E-state index contributed by atoms with van der Waals surface area (Å²) in [4.78, 5) is 12.1. The van der Waals surface area contributed by atoms with Crippen molar-refractivity contribution >= 4 is 28.8 Å². The maximum absolute atomic E-state index is 6.04. The third-order valence-corrected chi connectivity index (χ3v) is 3.96. The highest BCUT2D eigenvalue weighted by atomic mass is 35.5. The highest BCUT2D eigenvalue weighted by Gasteiger charge is 2.08. The Bertz CT molecular complexity index is 533. The van der Waals surface area contributed by atoms with Gasteiger partial charge in [0.1, 0.15) is 17.6 Å². The second-order valence-electron chi connectivity index (χ2n) is 4.35. The van der Waals surface area contributed by atoms with Gasteiger partial charge in [0.25, 0.3) is 0 Å². The molecule has 0 aliphatic rings. The fourth-order valence-corrected chi connectivity index (χ4v) is 2.65. The fourth-order valence-electron chi connectivity index (χ4n) is 1.75. The molecule has 0 saturated heterocycles. The van der Waals surface area contributed by atoms with Gasteiger partial charge in [-0.2, -0.15) is 0 Å². The number of halogens is 1. The first kappa shape index (κ1) is 15.2. The van der Waals surface area contributed by atoms with Crippen molar-refractivity contribution in [1.29, 1.82) is 0 Å². The predicted molar refractivity (Wildman–Crippen MR) is 83.7 cm³/mol. The standard InChI is InChI=1S/C14H18ClN3OS/c1-3-19-10-13-16-12(15)9-14(17-13)18(2)7-6-11-5-4-8-20-11/h4-5,8-9H,3,6-7,10H2,1-2H3. The second kappa shape index (κ2) is 7.57. The molecule has 2 aromatic heterocycles. The summed E-state index contributed by atoms with van der Waals surface area (Å²) in [6.45, 7) is 3.86. The van der Waals surface area contributed by atoms with Gasteiger partial charge in [0.05, 0.1) is 0 Å². The van der Waals surface area contributed by atoms with E-state index in [1.54, 1.807) is 17.4 Å². The minimum Gasteiger partial charge on any atom is -0.374 e. The Kier molecular flexibility index (Phi) is 5.76. The van der Waals surface area contributed by atoms with E-state index in [1.165, 1.54) is 4.88 Å². The van der Waals surface area contributed by atoms with E-state index in [-0.39, 0.29) is 0 Å². The molecule has 0 bridgehead atoms. The van der Waals surface area contributed by atoms with Crippen LogP contribution in [0.4, 0.5) is 5.82 Å². The summed E-state index contributed by atoms with van der Waals surface area (Å²) in [6, 6.07) is 6.00. The number of hydrogen-bond acceptors (Lipinski definition) is 5. The van der Waals surface area contributed by atoms with Crippen LogP contribution < -0.4 is 4.90 Å². The Labute approximate surface area is 128 Å². The number of likely N-dealkylation sites (N-methyl/N-ethyl adjacent to an activating group) is 1. The Morgan fingerprint density at radius 3 is 2.95 bits per heavy atom. The molecule has 2 aromatic rings. The average molecular weight is 312 g/mol. The van der Waals surface area contributed by atoms with E-state index < -0.39 is 0 Å². The van der Waals surface area contributed by atoms with Gasteiger partial charge in [-0.3, -0.25) is 0 Å². The molecule has 0 aliphatic heterocycles. The zero-order valence-electron chi connectivity index (χ0n) is 11.7. The zero-order valence-corrected chi connectivity index (χ0v) is 13.2. The molecule has 4 nitrogen and oxygen atoms in total. The normalized spacial score (nSPS) is 10.8. The van der Waals surface area contributed by atoms with E-state index in [0.29, 0.717) is 24.2 Å². The quantitative estimate of drug-likeness (QED) is 0.735. The molecule has 108 valence electrons. The van der Waals surface area contributed by atoms with Crippen LogP contribution in [0.1, 0.15) is 17.6 Å². The molecule has 0 spiro atoms. The average Bonchev–Trinajstić information content (AvgIpc) is 2.95. The SMILES string of the molecule is CCOCc1nc(Cl)cc(N(C)CCc2cccs2)n1. The van der Waals surface area contributed by atoms with E-state index in [2.05, 4.69) is 32.4 Å². The second-order valence-corrected chi connectivity index (χ2v) is 5.77. The van der Waals surface area contributed by atoms with E-state index in [9.17, 15) is 0 Å².